The highest BCUT2D eigenvalue weighted by molar-refractivity contribution is 5.51. The van der Waals surface area contributed by atoms with E-state index in [4.69, 9.17) is 4.74 Å². The quantitative estimate of drug-likeness (QED) is 0.848. The van der Waals surface area contributed by atoms with Crippen LogP contribution in [0.1, 0.15) is 0 Å². The summed E-state index contributed by atoms with van der Waals surface area (Å²) >= 11 is 0. The molecule has 106 valence electrons. The van der Waals surface area contributed by atoms with Gasteiger partial charge in [0.1, 0.15) is 5.75 Å². The molecule has 0 saturated carbocycles. The molecule has 1 aliphatic heterocycles. The largest absolute Gasteiger partial charge is 0.497 e. The van der Waals surface area contributed by atoms with Crippen LogP contribution in [0.2, 0.25) is 0 Å². The number of nitrogens with zero attached hydrogens (tertiary/aromatic N) is 4. The van der Waals surface area contributed by atoms with E-state index < -0.39 is 0 Å². The topological polar surface area (TPSA) is 33.5 Å². The van der Waals surface area contributed by atoms with Crippen LogP contribution in [0.15, 0.2) is 43.0 Å². The number of ether oxygens (including phenoxy) is 1. The molecule has 2 heterocycles. The first-order chi connectivity index (χ1) is 9.85. The zero-order valence-electron chi connectivity index (χ0n) is 11.8. The van der Waals surface area contributed by atoms with Gasteiger partial charge in [-0.05, 0) is 12.1 Å². The van der Waals surface area contributed by atoms with Gasteiger partial charge in [-0.15, -0.1) is 0 Å². The number of rotatable bonds is 4. The fraction of sp³-hybridized carbons (Fsp3) is 0.400. The lowest BCUT2D eigenvalue weighted by atomic mass is 10.2. The molecule has 5 heteroatoms. The second-order valence-electron chi connectivity index (χ2n) is 5.02. The Labute approximate surface area is 119 Å². The normalized spacial score (nSPS) is 16.4. The van der Waals surface area contributed by atoms with Crippen molar-refractivity contribution in [3.8, 4) is 5.75 Å². The third-order valence-electron chi connectivity index (χ3n) is 3.71. The van der Waals surface area contributed by atoms with Gasteiger partial charge in [-0.1, -0.05) is 6.07 Å². The maximum Gasteiger partial charge on any atom is 0.120 e. The molecular formula is C15H20N4O. The second-order valence-corrected chi connectivity index (χ2v) is 5.02. The average molecular weight is 272 g/mol. The number of imidazole rings is 1. The summed E-state index contributed by atoms with van der Waals surface area (Å²) < 4.78 is 7.40. The minimum atomic E-state index is 0.920. The fourth-order valence-corrected chi connectivity index (χ4v) is 2.56. The summed E-state index contributed by atoms with van der Waals surface area (Å²) in [6.07, 6.45) is 5.70. The van der Waals surface area contributed by atoms with Gasteiger partial charge in [0.05, 0.1) is 20.1 Å². The summed E-state index contributed by atoms with van der Waals surface area (Å²) in [5.41, 5.74) is 1.24. The van der Waals surface area contributed by atoms with Crippen molar-refractivity contribution in [2.45, 2.75) is 6.67 Å². The SMILES string of the molecule is COc1cccc(N2CCN(Cn3ccnc3)CC2)c1. The number of benzene rings is 1. The van der Waals surface area contributed by atoms with E-state index in [1.54, 1.807) is 7.11 Å². The molecule has 0 radical (unpaired) electrons. The van der Waals surface area contributed by atoms with Crippen LogP contribution in [-0.2, 0) is 6.67 Å². The van der Waals surface area contributed by atoms with E-state index in [1.807, 2.05) is 30.9 Å². The maximum absolute atomic E-state index is 5.29. The zero-order valence-corrected chi connectivity index (χ0v) is 11.8. The van der Waals surface area contributed by atoms with Crippen LogP contribution in [0.5, 0.6) is 5.75 Å². The lowest BCUT2D eigenvalue weighted by Gasteiger charge is -2.36. The van der Waals surface area contributed by atoms with Crippen LogP contribution in [-0.4, -0.2) is 47.7 Å². The van der Waals surface area contributed by atoms with E-state index in [0.29, 0.717) is 0 Å². The summed E-state index contributed by atoms with van der Waals surface area (Å²) in [5.74, 6) is 0.920. The van der Waals surface area contributed by atoms with Crippen LogP contribution in [0.4, 0.5) is 5.69 Å². The Bertz CT molecular complexity index is 533. The third-order valence-corrected chi connectivity index (χ3v) is 3.71. The molecule has 0 aliphatic carbocycles. The summed E-state index contributed by atoms with van der Waals surface area (Å²) in [4.78, 5) is 8.93. The number of anilines is 1. The minimum Gasteiger partial charge on any atom is -0.497 e. The van der Waals surface area contributed by atoms with Gasteiger partial charge in [-0.2, -0.15) is 0 Å². The van der Waals surface area contributed by atoms with Crippen LogP contribution in [0, 0.1) is 0 Å². The molecule has 1 aliphatic rings. The molecule has 0 spiro atoms. The molecule has 1 saturated heterocycles. The van der Waals surface area contributed by atoms with Crippen molar-refractivity contribution in [1.82, 2.24) is 14.5 Å². The first kappa shape index (κ1) is 13.0. The minimum absolute atomic E-state index is 0.920. The molecule has 1 aromatic carbocycles. The number of hydrogen-bond donors (Lipinski definition) is 0. The third kappa shape index (κ3) is 2.93. The van der Waals surface area contributed by atoms with Crippen LogP contribution in [0.3, 0.4) is 0 Å². The van der Waals surface area contributed by atoms with Crippen molar-refractivity contribution in [1.29, 1.82) is 0 Å². The monoisotopic (exact) mass is 272 g/mol. The first-order valence-corrected chi connectivity index (χ1v) is 6.92. The Hall–Kier alpha value is -2.01. The first-order valence-electron chi connectivity index (χ1n) is 6.92. The summed E-state index contributed by atoms with van der Waals surface area (Å²) in [6, 6.07) is 8.28. The molecule has 0 amide bonds. The van der Waals surface area contributed by atoms with Crippen molar-refractivity contribution in [2.75, 3.05) is 38.2 Å². The molecule has 5 nitrogen and oxygen atoms in total. The average Bonchev–Trinajstić information content (AvgIpc) is 3.01. The second kappa shape index (κ2) is 5.96. The number of hydrogen-bond acceptors (Lipinski definition) is 4. The predicted molar refractivity (Wildman–Crippen MR) is 79.0 cm³/mol. The summed E-state index contributed by atoms with van der Waals surface area (Å²) in [6.45, 7) is 5.14. The Kier molecular flexibility index (Phi) is 3.87. The van der Waals surface area contributed by atoms with Crippen molar-refractivity contribution in [3.05, 3.63) is 43.0 Å². The van der Waals surface area contributed by atoms with E-state index in [0.717, 1.165) is 38.6 Å². The van der Waals surface area contributed by atoms with Crippen LogP contribution in [0.25, 0.3) is 0 Å². The molecule has 0 bridgehead atoms. The van der Waals surface area contributed by atoms with Crippen molar-refractivity contribution in [3.63, 3.8) is 0 Å². The fourth-order valence-electron chi connectivity index (χ4n) is 2.56. The zero-order chi connectivity index (χ0) is 13.8. The predicted octanol–water partition coefficient (Wildman–Crippen LogP) is 1.67. The number of methoxy groups -OCH3 is 1. The van der Waals surface area contributed by atoms with Gasteiger partial charge in [0.2, 0.25) is 0 Å². The van der Waals surface area contributed by atoms with Gasteiger partial charge in [0.25, 0.3) is 0 Å². The van der Waals surface area contributed by atoms with Crippen molar-refractivity contribution < 1.29 is 4.74 Å². The smallest absolute Gasteiger partial charge is 0.120 e. The van der Waals surface area contributed by atoms with Crippen molar-refractivity contribution >= 4 is 5.69 Å². The Morgan fingerprint density at radius 1 is 1.20 bits per heavy atom. The molecule has 1 fully saturated rings. The summed E-state index contributed by atoms with van der Waals surface area (Å²) in [7, 11) is 1.71. The van der Waals surface area contributed by atoms with Gasteiger partial charge < -0.3 is 14.2 Å². The highest BCUT2D eigenvalue weighted by Gasteiger charge is 2.17. The Balaban J connectivity index is 1.57. The highest BCUT2D eigenvalue weighted by Crippen LogP contribution is 2.22. The molecule has 2 aromatic rings. The van der Waals surface area contributed by atoms with E-state index in [1.165, 1.54) is 5.69 Å². The lowest BCUT2D eigenvalue weighted by molar-refractivity contribution is 0.206. The highest BCUT2D eigenvalue weighted by atomic mass is 16.5. The van der Waals surface area contributed by atoms with Gasteiger partial charge in [0.15, 0.2) is 0 Å². The van der Waals surface area contributed by atoms with E-state index in [-0.39, 0.29) is 0 Å². The number of piperazine rings is 1. The molecule has 0 unspecified atom stereocenters. The Morgan fingerprint density at radius 3 is 2.75 bits per heavy atom. The van der Waals surface area contributed by atoms with E-state index in [2.05, 4.69) is 31.5 Å². The number of aromatic nitrogens is 2. The Morgan fingerprint density at radius 2 is 2.05 bits per heavy atom. The van der Waals surface area contributed by atoms with Crippen LogP contribution >= 0.6 is 0 Å². The van der Waals surface area contributed by atoms with Gasteiger partial charge in [-0.3, -0.25) is 4.90 Å². The molecular weight excluding hydrogens is 252 g/mol. The van der Waals surface area contributed by atoms with E-state index >= 15 is 0 Å². The van der Waals surface area contributed by atoms with Crippen LogP contribution < -0.4 is 9.64 Å². The maximum atomic E-state index is 5.29. The van der Waals surface area contributed by atoms with E-state index in [9.17, 15) is 0 Å². The molecule has 3 rings (SSSR count). The standard InChI is InChI=1S/C15H20N4O/c1-20-15-4-2-3-14(11-15)19-9-7-17(8-10-19)13-18-6-5-16-12-18/h2-6,11-12H,7-10,13H2,1H3. The molecule has 1 aromatic heterocycles. The van der Waals surface area contributed by atoms with Gasteiger partial charge in [-0.25, -0.2) is 4.98 Å². The molecule has 0 atom stereocenters. The molecule has 20 heavy (non-hydrogen) atoms. The molecule has 0 N–H and O–H groups in total. The summed E-state index contributed by atoms with van der Waals surface area (Å²) in [5, 5.41) is 0. The lowest BCUT2D eigenvalue weighted by Crippen LogP contribution is -2.46. The van der Waals surface area contributed by atoms with Gasteiger partial charge in [0, 0.05) is 50.3 Å². The van der Waals surface area contributed by atoms with Crippen molar-refractivity contribution in [2.24, 2.45) is 0 Å². The van der Waals surface area contributed by atoms with Gasteiger partial charge >= 0.3 is 0 Å².